The van der Waals surface area contributed by atoms with Crippen molar-refractivity contribution in [2.75, 3.05) is 4.90 Å². The SMILES string of the molecule is C#CC(C)/C(=C\C(=C/C)c1ccc(N(c2ccc(-c3ccccc3)cc2)c2ccc3c(c2)C(c2ccccc2)(c2ccccc2)c2ccccc2-3)cc1)c1c(C)ccc2ccccc12.CC(C)c1ccccc1. The molecule has 0 saturated heterocycles. The number of benzene rings is 10. The summed E-state index contributed by atoms with van der Waals surface area (Å²) in [5.41, 5.74) is 19.9. The molecule has 0 aliphatic heterocycles. The first kappa shape index (κ1) is 48.0. The summed E-state index contributed by atoms with van der Waals surface area (Å²) >= 11 is 0. The molecular weight excluding hydrogens is 879 g/mol. The molecule has 0 aromatic heterocycles. The highest BCUT2D eigenvalue weighted by Crippen LogP contribution is 2.57. The molecule has 0 heterocycles. The molecule has 0 radical (unpaired) electrons. The van der Waals surface area contributed by atoms with E-state index in [2.05, 4.69) is 300 Å². The minimum Gasteiger partial charge on any atom is -0.310 e. The van der Waals surface area contributed by atoms with Gasteiger partial charge in [0, 0.05) is 23.0 Å². The molecule has 1 unspecified atom stereocenters. The standard InChI is InChI=1S/C63H49N.C9H12/c1-5-44(3)59(62-45(4)30-31-50-22-16-17-27-56(50)62)42-46(6-2)48-32-36-53(37-33-48)64(54-38-34-49(35-39-54)47-20-10-7-11-21-47)55-40-41-58-57-28-18-19-29-60(57)63(61(58)43-55,51-23-12-8-13-24-51)52-25-14-9-15-26-52;1-8(2)9-6-4-3-5-7-9/h1,6-44H,2-4H3;3-8H,1-2H3/b46-6+,59-42+;. The van der Waals surface area contributed by atoms with Crippen molar-refractivity contribution in [1.82, 2.24) is 0 Å². The molecule has 0 fully saturated rings. The average molecular weight is 940 g/mol. The third-order valence-corrected chi connectivity index (χ3v) is 14.6. The number of anilines is 3. The Morgan fingerprint density at radius 1 is 0.507 bits per heavy atom. The van der Waals surface area contributed by atoms with Crippen LogP contribution in [0.25, 0.3) is 44.2 Å². The van der Waals surface area contributed by atoms with Gasteiger partial charge in [0.1, 0.15) is 0 Å². The summed E-state index contributed by atoms with van der Waals surface area (Å²) in [6.07, 6.45) is 10.7. The van der Waals surface area contributed by atoms with Crippen LogP contribution >= 0.6 is 0 Å². The molecule has 0 bridgehead atoms. The Hall–Kier alpha value is -8.70. The van der Waals surface area contributed by atoms with Crippen molar-refractivity contribution in [3.8, 4) is 34.6 Å². The van der Waals surface area contributed by atoms with Gasteiger partial charge in [-0.1, -0.05) is 238 Å². The second-order valence-electron chi connectivity index (χ2n) is 19.3. The minimum atomic E-state index is -0.514. The Morgan fingerprint density at radius 2 is 1.03 bits per heavy atom. The number of rotatable bonds is 11. The second-order valence-corrected chi connectivity index (χ2v) is 19.3. The molecule has 0 amide bonds. The smallest absolute Gasteiger partial charge is 0.0714 e. The number of allylic oxidation sites excluding steroid dienone is 4. The van der Waals surface area contributed by atoms with E-state index >= 15 is 0 Å². The third-order valence-electron chi connectivity index (χ3n) is 14.6. The lowest BCUT2D eigenvalue weighted by Crippen LogP contribution is -2.28. The fourth-order valence-electron chi connectivity index (χ4n) is 10.9. The van der Waals surface area contributed by atoms with E-state index in [0.29, 0.717) is 5.92 Å². The van der Waals surface area contributed by atoms with Crippen LogP contribution in [0.15, 0.2) is 261 Å². The van der Waals surface area contributed by atoms with E-state index in [4.69, 9.17) is 6.42 Å². The largest absolute Gasteiger partial charge is 0.310 e. The summed E-state index contributed by atoms with van der Waals surface area (Å²) in [6.45, 7) is 10.8. The van der Waals surface area contributed by atoms with Gasteiger partial charge in [-0.25, -0.2) is 0 Å². The van der Waals surface area contributed by atoms with Gasteiger partial charge < -0.3 is 4.90 Å². The second kappa shape index (κ2) is 21.3. The molecule has 0 N–H and O–H groups in total. The van der Waals surface area contributed by atoms with Gasteiger partial charge in [-0.05, 0) is 158 Å². The maximum Gasteiger partial charge on any atom is 0.0714 e. The number of hydrogen-bond acceptors (Lipinski definition) is 1. The first-order chi connectivity index (χ1) is 35.8. The van der Waals surface area contributed by atoms with Crippen molar-refractivity contribution in [2.45, 2.75) is 46.0 Å². The molecule has 73 heavy (non-hydrogen) atoms. The predicted molar refractivity (Wildman–Crippen MR) is 313 cm³/mol. The Bertz CT molecular complexity index is 3560. The predicted octanol–water partition coefficient (Wildman–Crippen LogP) is 19.2. The molecular formula is C72H61N. The normalized spacial score (nSPS) is 13.1. The lowest BCUT2D eigenvalue weighted by molar-refractivity contribution is 0.768. The molecule has 0 spiro atoms. The lowest BCUT2D eigenvalue weighted by atomic mass is 9.67. The molecule has 1 aliphatic rings. The van der Waals surface area contributed by atoms with Crippen LogP contribution in [-0.2, 0) is 5.41 Å². The van der Waals surface area contributed by atoms with Gasteiger partial charge in [0.25, 0.3) is 0 Å². The van der Waals surface area contributed by atoms with E-state index in [0.717, 1.165) is 33.8 Å². The van der Waals surface area contributed by atoms with Crippen LogP contribution in [-0.4, -0.2) is 0 Å². The van der Waals surface area contributed by atoms with Crippen molar-refractivity contribution >= 4 is 39.0 Å². The topological polar surface area (TPSA) is 3.24 Å². The molecule has 1 heteroatoms. The molecule has 10 aromatic carbocycles. The van der Waals surface area contributed by atoms with E-state index in [1.807, 2.05) is 6.07 Å². The first-order valence-electron chi connectivity index (χ1n) is 25.6. The van der Waals surface area contributed by atoms with Crippen LogP contribution < -0.4 is 4.90 Å². The van der Waals surface area contributed by atoms with Crippen molar-refractivity contribution in [3.63, 3.8) is 0 Å². The van der Waals surface area contributed by atoms with Crippen molar-refractivity contribution < 1.29 is 0 Å². The summed E-state index contributed by atoms with van der Waals surface area (Å²) in [5.74, 6) is 3.63. The highest BCUT2D eigenvalue weighted by atomic mass is 15.1. The fraction of sp³-hybridized carbons (Fsp3) is 0.111. The van der Waals surface area contributed by atoms with Crippen molar-refractivity contribution in [3.05, 3.63) is 305 Å². The van der Waals surface area contributed by atoms with Crippen molar-refractivity contribution in [1.29, 1.82) is 0 Å². The Balaban J connectivity index is 0.000000615. The monoisotopic (exact) mass is 939 g/mol. The van der Waals surface area contributed by atoms with Gasteiger partial charge in [0.15, 0.2) is 0 Å². The molecule has 1 aliphatic carbocycles. The van der Waals surface area contributed by atoms with E-state index in [1.165, 1.54) is 72.0 Å². The fourth-order valence-corrected chi connectivity index (χ4v) is 10.9. The van der Waals surface area contributed by atoms with Gasteiger partial charge in [-0.15, -0.1) is 6.42 Å². The van der Waals surface area contributed by atoms with Crippen LogP contribution in [0.4, 0.5) is 17.1 Å². The van der Waals surface area contributed by atoms with Gasteiger partial charge in [0.2, 0.25) is 0 Å². The lowest BCUT2D eigenvalue weighted by Gasteiger charge is -2.35. The maximum atomic E-state index is 6.19. The third kappa shape index (κ3) is 9.37. The van der Waals surface area contributed by atoms with Gasteiger partial charge in [0.05, 0.1) is 5.41 Å². The molecule has 11 rings (SSSR count). The summed E-state index contributed by atoms with van der Waals surface area (Å²) in [7, 11) is 0. The van der Waals surface area contributed by atoms with Crippen LogP contribution in [0.5, 0.6) is 0 Å². The Morgan fingerprint density at radius 3 is 1.63 bits per heavy atom. The van der Waals surface area contributed by atoms with Crippen LogP contribution in [0, 0.1) is 25.2 Å². The van der Waals surface area contributed by atoms with Crippen LogP contribution in [0.2, 0.25) is 0 Å². The highest BCUT2D eigenvalue weighted by Gasteiger charge is 2.46. The van der Waals surface area contributed by atoms with E-state index in [1.54, 1.807) is 0 Å². The number of fused-ring (bicyclic) bond motifs is 4. The molecule has 1 atom stereocenters. The molecule has 1 nitrogen and oxygen atoms in total. The zero-order chi connectivity index (χ0) is 50.3. The first-order valence-corrected chi connectivity index (χ1v) is 25.6. The summed E-state index contributed by atoms with van der Waals surface area (Å²) in [5, 5.41) is 2.43. The number of nitrogens with zero attached hydrogens (tertiary/aromatic N) is 1. The van der Waals surface area contributed by atoms with Gasteiger partial charge in [-0.3, -0.25) is 0 Å². The average Bonchev–Trinajstić information content (AvgIpc) is 3.75. The van der Waals surface area contributed by atoms with E-state index < -0.39 is 5.41 Å². The van der Waals surface area contributed by atoms with E-state index in [-0.39, 0.29) is 5.92 Å². The number of aryl methyl sites for hydroxylation is 1. The molecule has 0 saturated carbocycles. The zero-order valence-corrected chi connectivity index (χ0v) is 42.5. The van der Waals surface area contributed by atoms with Gasteiger partial charge >= 0.3 is 0 Å². The Kier molecular flexibility index (Phi) is 14.0. The number of terminal acetylenes is 1. The quantitative estimate of drug-likeness (QED) is 0.0923. The maximum absolute atomic E-state index is 6.19. The van der Waals surface area contributed by atoms with Crippen LogP contribution in [0.1, 0.15) is 78.1 Å². The highest BCUT2D eigenvalue weighted by molar-refractivity contribution is 5.99. The molecule has 354 valence electrons. The minimum absolute atomic E-state index is 0.0853. The summed E-state index contributed by atoms with van der Waals surface area (Å²) in [6, 6.07) is 90.2. The number of hydrogen-bond donors (Lipinski definition) is 0. The van der Waals surface area contributed by atoms with Crippen molar-refractivity contribution in [2.24, 2.45) is 5.92 Å². The molecule has 10 aromatic rings. The van der Waals surface area contributed by atoms with Crippen LogP contribution in [0.3, 0.4) is 0 Å². The van der Waals surface area contributed by atoms with Gasteiger partial charge in [-0.2, -0.15) is 0 Å². The zero-order valence-electron chi connectivity index (χ0n) is 42.5. The van der Waals surface area contributed by atoms with E-state index in [9.17, 15) is 0 Å². The summed E-state index contributed by atoms with van der Waals surface area (Å²) < 4.78 is 0. The summed E-state index contributed by atoms with van der Waals surface area (Å²) in [4.78, 5) is 2.40. The Labute approximate surface area is 433 Å².